The molecule has 2 aromatic rings. The summed E-state index contributed by atoms with van der Waals surface area (Å²) >= 11 is 0. The Hall–Kier alpha value is -2.55. The number of fused-ring (bicyclic) bond motifs is 1. The molecule has 0 aliphatic carbocycles. The maximum atomic E-state index is 12.8. The molecule has 0 radical (unpaired) electrons. The van der Waals surface area contributed by atoms with E-state index >= 15 is 0 Å². The zero-order chi connectivity index (χ0) is 26.9. The van der Waals surface area contributed by atoms with E-state index in [9.17, 15) is 13.2 Å². The number of urea groups is 1. The number of anilines is 1. The molecule has 3 heterocycles. The summed E-state index contributed by atoms with van der Waals surface area (Å²) in [4.78, 5) is 25.4. The van der Waals surface area contributed by atoms with Crippen molar-refractivity contribution in [2.24, 2.45) is 0 Å². The smallest absolute Gasteiger partial charge is 0.320 e. The van der Waals surface area contributed by atoms with E-state index in [1.807, 2.05) is 6.92 Å². The molecular weight excluding hydrogens is 494 g/mol. The van der Waals surface area contributed by atoms with Crippen molar-refractivity contribution >= 4 is 40.8 Å². The van der Waals surface area contributed by atoms with Gasteiger partial charge in [0.05, 0.1) is 17.5 Å². The van der Waals surface area contributed by atoms with Crippen LogP contribution in [0.15, 0.2) is 17.4 Å². The summed E-state index contributed by atoms with van der Waals surface area (Å²) < 4.78 is 29.5. The molecule has 1 fully saturated rings. The van der Waals surface area contributed by atoms with Gasteiger partial charge in [-0.05, 0) is 36.0 Å². The van der Waals surface area contributed by atoms with Gasteiger partial charge >= 0.3 is 6.03 Å². The van der Waals surface area contributed by atoms with E-state index in [2.05, 4.69) is 78.6 Å². The number of amides is 2. The largest absolute Gasteiger partial charge is 0.379 e. The summed E-state index contributed by atoms with van der Waals surface area (Å²) in [7, 11) is -5.70. The van der Waals surface area contributed by atoms with Crippen molar-refractivity contribution in [3.63, 3.8) is 0 Å². The highest BCUT2D eigenvalue weighted by molar-refractivity contribution is 7.90. The quantitative estimate of drug-likeness (QED) is 0.324. The summed E-state index contributed by atoms with van der Waals surface area (Å²) in [5.74, 6) is 3.61. The maximum absolute atomic E-state index is 12.8. The molecule has 0 aromatic carbocycles. The molecule has 2 N–H and O–H groups in total. The summed E-state index contributed by atoms with van der Waals surface area (Å²) in [6, 6.07) is 1.27. The number of carbonyl (C=O) groups is 1. The van der Waals surface area contributed by atoms with E-state index in [0.29, 0.717) is 47.2 Å². The minimum absolute atomic E-state index is 0.161. The number of hydrogen-bond donors (Lipinski definition) is 2. The molecule has 1 atom stereocenters. The third-order valence-electron chi connectivity index (χ3n) is 7.03. The van der Waals surface area contributed by atoms with Gasteiger partial charge in [0.15, 0.2) is 5.65 Å². The van der Waals surface area contributed by atoms with Crippen LogP contribution in [-0.2, 0) is 14.6 Å². The SMILES string of the molecule is CC(C)[Si](C#Cc1cc(NC(=O)NC2(C)CCOC2)nc2nc(S(C)(=O)=O)ncc12)(C(C)C)C(C)C. The molecule has 36 heavy (non-hydrogen) atoms. The molecule has 1 aliphatic rings. The van der Waals surface area contributed by atoms with Gasteiger partial charge in [0, 0.05) is 24.6 Å². The third-order valence-corrected chi connectivity index (χ3v) is 14.2. The fourth-order valence-corrected chi connectivity index (χ4v) is 10.8. The normalized spacial score (nSPS) is 18.5. The first kappa shape index (κ1) is 28.0. The number of nitrogens with one attached hydrogen (secondary N) is 2. The molecule has 0 bridgehead atoms. The van der Waals surface area contributed by atoms with Gasteiger partial charge in [0.1, 0.15) is 13.9 Å². The Morgan fingerprint density at radius 1 is 1.14 bits per heavy atom. The van der Waals surface area contributed by atoms with Crippen molar-refractivity contribution in [1.82, 2.24) is 20.3 Å². The van der Waals surface area contributed by atoms with Gasteiger partial charge < -0.3 is 10.1 Å². The molecule has 1 unspecified atom stereocenters. The van der Waals surface area contributed by atoms with Crippen molar-refractivity contribution in [2.75, 3.05) is 24.8 Å². The standard InChI is InChI=1S/C25H37N5O4SSi/c1-16(2)36(17(3)4,18(5)6)12-9-19-13-21(28-23(31)30-25(7)10-11-34-15-25)27-22-20(19)14-26-24(29-22)35(8,32)33/h13-14,16-18H,10-11,15H2,1-8H3,(H2,26,27,28,29,30,31). The number of pyridine rings is 1. The van der Waals surface area contributed by atoms with E-state index < -0.39 is 29.5 Å². The Labute approximate surface area is 215 Å². The van der Waals surface area contributed by atoms with Gasteiger partial charge in [-0.15, -0.1) is 5.54 Å². The van der Waals surface area contributed by atoms with E-state index in [1.165, 1.54) is 6.20 Å². The Kier molecular flexibility index (Phi) is 8.12. The molecule has 0 spiro atoms. The first-order valence-corrected chi connectivity index (χ1v) is 16.4. The zero-order valence-electron chi connectivity index (χ0n) is 22.4. The predicted octanol–water partition coefficient (Wildman–Crippen LogP) is 4.30. The minimum atomic E-state index is -3.64. The van der Waals surface area contributed by atoms with Crippen LogP contribution in [0.4, 0.5) is 10.6 Å². The number of nitrogens with zero attached hydrogens (tertiary/aromatic N) is 3. The van der Waals surface area contributed by atoms with E-state index in [0.717, 1.165) is 6.26 Å². The first-order chi connectivity index (χ1) is 16.7. The Bertz CT molecular complexity index is 1290. The lowest BCUT2D eigenvalue weighted by Gasteiger charge is -2.38. The van der Waals surface area contributed by atoms with Crippen LogP contribution in [0.25, 0.3) is 11.0 Å². The van der Waals surface area contributed by atoms with Gasteiger partial charge in [-0.2, -0.15) is 4.98 Å². The van der Waals surface area contributed by atoms with Crippen molar-refractivity contribution in [3.05, 3.63) is 17.8 Å². The lowest BCUT2D eigenvalue weighted by molar-refractivity contribution is 0.172. The maximum Gasteiger partial charge on any atom is 0.320 e. The second-order valence-electron chi connectivity index (χ2n) is 10.8. The number of aromatic nitrogens is 3. The Balaban J connectivity index is 2.13. The van der Waals surface area contributed by atoms with Gasteiger partial charge in [0.2, 0.25) is 15.0 Å². The molecule has 9 nitrogen and oxygen atoms in total. The van der Waals surface area contributed by atoms with Crippen LogP contribution in [0.5, 0.6) is 0 Å². The highest BCUT2D eigenvalue weighted by Crippen LogP contribution is 2.41. The number of rotatable bonds is 6. The lowest BCUT2D eigenvalue weighted by atomic mass is 10.0. The molecule has 3 rings (SSSR count). The highest BCUT2D eigenvalue weighted by Gasteiger charge is 2.41. The minimum Gasteiger partial charge on any atom is -0.379 e. The number of hydrogen-bond acceptors (Lipinski definition) is 7. The van der Waals surface area contributed by atoms with Crippen LogP contribution < -0.4 is 10.6 Å². The monoisotopic (exact) mass is 531 g/mol. The van der Waals surface area contributed by atoms with Crippen LogP contribution in [0.1, 0.15) is 60.5 Å². The van der Waals surface area contributed by atoms with Crippen molar-refractivity contribution in [1.29, 1.82) is 0 Å². The summed E-state index contributed by atoms with van der Waals surface area (Å²) in [6.07, 6.45) is 3.20. The van der Waals surface area contributed by atoms with Gasteiger partial charge in [-0.25, -0.2) is 23.2 Å². The number of ether oxygens (including phenoxy) is 1. The number of sulfone groups is 1. The molecule has 196 valence electrons. The summed E-state index contributed by atoms with van der Waals surface area (Å²) in [6.45, 7) is 16.3. The fourth-order valence-electron chi connectivity index (χ4n) is 5.14. The number of carbonyl (C=O) groups excluding carboxylic acids is 1. The van der Waals surface area contributed by atoms with Crippen LogP contribution in [0.2, 0.25) is 16.6 Å². The van der Waals surface area contributed by atoms with Crippen molar-refractivity contribution in [2.45, 2.75) is 82.2 Å². The van der Waals surface area contributed by atoms with Gasteiger partial charge in [0.25, 0.3) is 0 Å². The van der Waals surface area contributed by atoms with E-state index in [1.54, 1.807) is 6.07 Å². The van der Waals surface area contributed by atoms with Crippen LogP contribution in [0.3, 0.4) is 0 Å². The Morgan fingerprint density at radius 3 is 2.31 bits per heavy atom. The van der Waals surface area contributed by atoms with E-state index in [4.69, 9.17) is 4.74 Å². The topological polar surface area (TPSA) is 123 Å². The second kappa shape index (κ2) is 10.4. The first-order valence-electron chi connectivity index (χ1n) is 12.3. The van der Waals surface area contributed by atoms with Crippen molar-refractivity contribution < 1.29 is 17.9 Å². The third kappa shape index (κ3) is 5.87. The average molecular weight is 532 g/mol. The molecule has 1 aliphatic heterocycles. The second-order valence-corrected chi connectivity index (χ2v) is 18.3. The fraction of sp³-hybridized carbons (Fsp3) is 0.600. The molecule has 11 heteroatoms. The molecule has 2 aromatic heterocycles. The van der Waals surface area contributed by atoms with Crippen LogP contribution in [0, 0.1) is 11.5 Å². The summed E-state index contributed by atoms with van der Waals surface area (Å²) in [5.41, 5.74) is 5.27. The van der Waals surface area contributed by atoms with E-state index in [-0.39, 0.29) is 16.6 Å². The molecular formula is C25H37N5O4SSi. The van der Waals surface area contributed by atoms with Crippen LogP contribution >= 0.6 is 0 Å². The average Bonchev–Trinajstić information content (AvgIpc) is 3.17. The predicted molar refractivity (Wildman–Crippen MR) is 144 cm³/mol. The van der Waals surface area contributed by atoms with Crippen molar-refractivity contribution in [3.8, 4) is 11.5 Å². The molecule has 2 amide bonds. The lowest BCUT2D eigenvalue weighted by Crippen LogP contribution is -2.48. The van der Waals surface area contributed by atoms with Gasteiger partial charge in [-0.3, -0.25) is 5.32 Å². The zero-order valence-corrected chi connectivity index (χ0v) is 24.2. The summed E-state index contributed by atoms with van der Waals surface area (Å²) in [5, 5.41) is 5.92. The Morgan fingerprint density at radius 2 is 1.78 bits per heavy atom. The molecule has 1 saturated heterocycles. The highest BCUT2D eigenvalue weighted by atomic mass is 32.2. The molecule has 0 saturated carbocycles. The van der Waals surface area contributed by atoms with Crippen LogP contribution in [-0.4, -0.2) is 62.5 Å². The van der Waals surface area contributed by atoms with Gasteiger partial charge in [-0.1, -0.05) is 47.5 Å².